The van der Waals surface area contributed by atoms with Crippen molar-refractivity contribution in [3.63, 3.8) is 0 Å². The van der Waals surface area contributed by atoms with Crippen molar-refractivity contribution in [3.8, 4) is 0 Å². The predicted molar refractivity (Wildman–Crippen MR) is 112 cm³/mol. The van der Waals surface area contributed by atoms with Crippen molar-refractivity contribution < 1.29 is 17.6 Å². The highest BCUT2D eigenvalue weighted by molar-refractivity contribution is 7.89. The normalized spacial score (nSPS) is 34.3. The molecular weight excluding hydrogens is 403 g/mol. The van der Waals surface area contributed by atoms with Crippen molar-refractivity contribution in [1.29, 1.82) is 0 Å². The number of sulfonamides is 1. The van der Waals surface area contributed by atoms with E-state index < -0.39 is 15.8 Å². The fourth-order valence-electron chi connectivity index (χ4n) is 6.98. The summed E-state index contributed by atoms with van der Waals surface area (Å²) >= 11 is 0. The van der Waals surface area contributed by atoms with Gasteiger partial charge in [-0.2, -0.15) is 4.31 Å². The van der Waals surface area contributed by atoms with Crippen molar-refractivity contribution in [2.45, 2.75) is 68.7 Å². The van der Waals surface area contributed by atoms with Crippen molar-refractivity contribution in [2.24, 2.45) is 23.7 Å². The van der Waals surface area contributed by atoms with Gasteiger partial charge in [0.25, 0.3) is 0 Å². The van der Waals surface area contributed by atoms with E-state index in [9.17, 15) is 17.6 Å². The second-order valence-electron chi connectivity index (χ2n) is 10.3. The molecule has 5 fully saturated rings. The number of rotatable bonds is 4. The van der Waals surface area contributed by atoms with E-state index in [1.165, 1.54) is 35.7 Å². The third-order valence-electron chi connectivity index (χ3n) is 8.02. The van der Waals surface area contributed by atoms with E-state index in [0.717, 1.165) is 43.1 Å². The highest BCUT2D eigenvalue weighted by atomic mass is 32.2. The number of amides is 1. The van der Waals surface area contributed by atoms with Crippen LogP contribution in [0.15, 0.2) is 23.1 Å². The van der Waals surface area contributed by atoms with E-state index in [2.05, 4.69) is 5.32 Å². The Morgan fingerprint density at radius 2 is 1.63 bits per heavy atom. The quantitative estimate of drug-likeness (QED) is 0.787. The summed E-state index contributed by atoms with van der Waals surface area (Å²) in [5, 5.41) is 3.44. The second kappa shape index (κ2) is 7.30. The van der Waals surface area contributed by atoms with Crippen molar-refractivity contribution in [2.75, 3.05) is 13.1 Å². The number of benzene rings is 1. The third kappa shape index (κ3) is 3.58. The van der Waals surface area contributed by atoms with Crippen LogP contribution in [0.5, 0.6) is 0 Å². The Balaban J connectivity index is 1.23. The first-order valence-electron chi connectivity index (χ1n) is 11.3. The Hall–Kier alpha value is -1.47. The highest BCUT2D eigenvalue weighted by Crippen LogP contribution is 2.55. The third-order valence-corrected chi connectivity index (χ3v) is 10.1. The van der Waals surface area contributed by atoms with Gasteiger partial charge in [-0.15, -0.1) is 0 Å². The molecule has 1 aliphatic heterocycles. The van der Waals surface area contributed by atoms with Gasteiger partial charge in [0.15, 0.2) is 0 Å². The predicted octanol–water partition coefficient (Wildman–Crippen LogP) is 3.62. The van der Waals surface area contributed by atoms with Gasteiger partial charge in [-0.1, -0.05) is 6.07 Å². The molecule has 1 amide bonds. The van der Waals surface area contributed by atoms with E-state index in [1.807, 2.05) is 0 Å². The Morgan fingerprint density at radius 3 is 2.20 bits per heavy atom. The average Bonchev–Trinajstić information content (AvgIpc) is 2.68. The van der Waals surface area contributed by atoms with Crippen LogP contribution in [0.25, 0.3) is 0 Å². The SMILES string of the molecule is Cc1ccc(F)cc1S(=O)(=O)N1CCC(C(=O)NC23CC4CC(CC(C4)C2)C3)CC1. The average molecular weight is 435 g/mol. The van der Waals surface area contributed by atoms with Gasteiger partial charge in [0, 0.05) is 24.5 Å². The summed E-state index contributed by atoms with van der Waals surface area (Å²) in [7, 11) is -3.75. The van der Waals surface area contributed by atoms with Gasteiger partial charge in [0.05, 0.1) is 4.90 Å². The number of piperidine rings is 1. The molecule has 30 heavy (non-hydrogen) atoms. The lowest BCUT2D eigenvalue weighted by molar-refractivity contribution is -0.132. The molecular formula is C23H31FN2O3S. The Bertz CT molecular complexity index is 918. The van der Waals surface area contributed by atoms with Crippen LogP contribution in [0, 0.1) is 36.4 Å². The van der Waals surface area contributed by atoms with Gasteiger partial charge in [-0.25, -0.2) is 12.8 Å². The molecule has 0 unspecified atom stereocenters. The molecule has 0 atom stereocenters. The zero-order valence-corrected chi connectivity index (χ0v) is 18.4. The molecule has 1 heterocycles. The van der Waals surface area contributed by atoms with Crippen LogP contribution in [-0.4, -0.2) is 37.3 Å². The molecule has 4 bridgehead atoms. The lowest BCUT2D eigenvalue weighted by Gasteiger charge is -2.57. The first-order valence-corrected chi connectivity index (χ1v) is 12.8. The minimum atomic E-state index is -3.75. The van der Waals surface area contributed by atoms with Gasteiger partial charge < -0.3 is 5.32 Å². The van der Waals surface area contributed by atoms with Crippen molar-refractivity contribution >= 4 is 15.9 Å². The minimum absolute atomic E-state index is 0.00623. The summed E-state index contributed by atoms with van der Waals surface area (Å²) in [6.07, 6.45) is 8.42. The Kier molecular flexibility index (Phi) is 4.97. The molecule has 4 saturated carbocycles. The van der Waals surface area contributed by atoms with Crippen LogP contribution in [0.4, 0.5) is 4.39 Å². The fourth-order valence-corrected chi connectivity index (χ4v) is 8.68. The molecule has 164 valence electrons. The fraction of sp³-hybridized carbons (Fsp3) is 0.696. The standard InChI is InChI=1S/C23H31FN2O3S/c1-15-2-3-20(24)11-21(15)30(28,29)26-6-4-19(5-7-26)22(27)25-23-12-16-8-17(13-23)10-18(9-16)14-23/h2-3,11,16-19H,4-10,12-14H2,1H3,(H,25,27). The van der Waals surface area contributed by atoms with Crippen LogP contribution < -0.4 is 5.32 Å². The molecule has 5 nitrogen and oxygen atoms in total. The summed E-state index contributed by atoms with van der Waals surface area (Å²) < 4.78 is 41.0. The molecule has 7 heteroatoms. The summed E-state index contributed by atoms with van der Waals surface area (Å²) in [5.74, 6) is 1.74. The first-order chi connectivity index (χ1) is 14.2. The van der Waals surface area contributed by atoms with Crippen molar-refractivity contribution in [3.05, 3.63) is 29.6 Å². The summed E-state index contributed by atoms with van der Waals surface area (Å²) in [5.41, 5.74) is 0.534. The molecule has 0 spiro atoms. The highest BCUT2D eigenvalue weighted by Gasteiger charge is 2.52. The van der Waals surface area contributed by atoms with Crippen LogP contribution in [0.2, 0.25) is 0 Å². The Morgan fingerprint density at radius 1 is 1.07 bits per heavy atom. The van der Waals surface area contributed by atoms with E-state index in [-0.39, 0.29) is 22.3 Å². The van der Waals surface area contributed by atoms with Gasteiger partial charge in [-0.05, 0) is 93.7 Å². The molecule has 0 radical (unpaired) electrons. The molecule has 1 aromatic carbocycles. The smallest absolute Gasteiger partial charge is 0.243 e. The maximum atomic E-state index is 13.6. The first kappa shape index (κ1) is 20.4. The number of hydrogen-bond acceptors (Lipinski definition) is 3. The number of nitrogens with zero attached hydrogens (tertiary/aromatic N) is 1. The number of carbonyl (C=O) groups is 1. The van der Waals surface area contributed by atoms with Crippen molar-refractivity contribution in [1.82, 2.24) is 9.62 Å². The minimum Gasteiger partial charge on any atom is -0.350 e. The lowest BCUT2D eigenvalue weighted by atomic mass is 9.53. The number of halogens is 1. The summed E-state index contributed by atoms with van der Waals surface area (Å²) in [6, 6.07) is 3.86. The molecule has 0 aromatic heterocycles. The van der Waals surface area contributed by atoms with Gasteiger partial charge in [-0.3, -0.25) is 4.79 Å². The Labute approximate surface area is 178 Å². The second-order valence-corrected chi connectivity index (χ2v) is 12.2. The maximum Gasteiger partial charge on any atom is 0.243 e. The van der Waals surface area contributed by atoms with Gasteiger partial charge in [0.1, 0.15) is 5.82 Å². The van der Waals surface area contributed by atoms with E-state index in [0.29, 0.717) is 31.5 Å². The van der Waals surface area contributed by atoms with Gasteiger partial charge in [0.2, 0.25) is 15.9 Å². The molecule has 4 aliphatic carbocycles. The van der Waals surface area contributed by atoms with Gasteiger partial charge >= 0.3 is 0 Å². The number of carbonyl (C=O) groups excluding carboxylic acids is 1. The number of nitrogens with one attached hydrogen (secondary N) is 1. The topological polar surface area (TPSA) is 66.5 Å². The largest absolute Gasteiger partial charge is 0.350 e. The lowest BCUT2D eigenvalue weighted by Crippen LogP contribution is -2.61. The van der Waals surface area contributed by atoms with Crippen LogP contribution >= 0.6 is 0 Å². The zero-order valence-electron chi connectivity index (χ0n) is 17.6. The van der Waals surface area contributed by atoms with E-state index in [1.54, 1.807) is 6.92 Å². The van der Waals surface area contributed by atoms with Crippen LogP contribution in [-0.2, 0) is 14.8 Å². The molecule has 5 aliphatic rings. The van der Waals surface area contributed by atoms with Crippen LogP contribution in [0.3, 0.4) is 0 Å². The molecule has 6 rings (SSSR count). The van der Waals surface area contributed by atoms with E-state index >= 15 is 0 Å². The molecule has 1 saturated heterocycles. The number of hydrogen-bond donors (Lipinski definition) is 1. The maximum absolute atomic E-state index is 13.6. The summed E-state index contributed by atoms with van der Waals surface area (Å²) in [6.45, 7) is 2.28. The zero-order chi connectivity index (χ0) is 21.1. The van der Waals surface area contributed by atoms with Crippen LogP contribution in [0.1, 0.15) is 56.9 Å². The molecule has 1 N–H and O–H groups in total. The monoisotopic (exact) mass is 434 g/mol. The number of aryl methyl sites for hydroxylation is 1. The summed E-state index contributed by atoms with van der Waals surface area (Å²) in [4.78, 5) is 13.1. The van der Waals surface area contributed by atoms with E-state index in [4.69, 9.17) is 0 Å². The molecule has 1 aromatic rings.